The van der Waals surface area contributed by atoms with Crippen molar-refractivity contribution >= 4 is 11.9 Å². The predicted octanol–water partition coefficient (Wildman–Crippen LogP) is 3.47. The molecule has 1 atom stereocenters. The first-order valence-corrected chi connectivity index (χ1v) is 9.67. The van der Waals surface area contributed by atoms with E-state index in [1.807, 2.05) is 66.7 Å². The van der Waals surface area contributed by atoms with Crippen LogP contribution in [0.1, 0.15) is 10.4 Å². The summed E-state index contributed by atoms with van der Waals surface area (Å²) in [6, 6.07) is 24.1. The van der Waals surface area contributed by atoms with E-state index in [1.54, 1.807) is 12.1 Å². The number of carbonyl (C=O) groups excluding carboxylic acids is 2. The molecule has 1 aliphatic rings. The van der Waals surface area contributed by atoms with Gasteiger partial charge in [0.25, 0.3) is 5.91 Å². The van der Waals surface area contributed by atoms with Gasteiger partial charge in [0, 0.05) is 0 Å². The third kappa shape index (κ3) is 4.60. The van der Waals surface area contributed by atoms with Crippen molar-refractivity contribution < 1.29 is 23.8 Å². The fourth-order valence-electron chi connectivity index (χ4n) is 3.18. The van der Waals surface area contributed by atoms with Crippen LogP contribution in [0.25, 0.3) is 11.1 Å². The number of rotatable bonds is 6. The molecule has 0 bridgehead atoms. The van der Waals surface area contributed by atoms with Crippen molar-refractivity contribution in [2.45, 2.75) is 6.10 Å². The molecule has 0 saturated heterocycles. The fraction of sp³-hybridized carbons (Fsp3) is 0.167. The van der Waals surface area contributed by atoms with E-state index in [2.05, 4.69) is 5.32 Å². The molecule has 4 rings (SSSR count). The quantitative estimate of drug-likeness (QED) is 0.638. The number of para-hydroxylation sites is 2. The Labute approximate surface area is 174 Å². The first-order valence-electron chi connectivity index (χ1n) is 9.67. The highest BCUT2D eigenvalue weighted by Gasteiger charge is 2.21. The summed E-state index contributed by atoms with van der Waals surface area (Å²) in [4.78, 5) is 24.7. The van der Waals surface area contributed by atoms with Crippen molar-refractivity contribution in [1.29, 1.82) is 0 Å². The van der Waals surface area contributed by atoms with Gasteiger partial charge in [-0.2, -0.15) is 0 Å². The Balaban J connectivity index is 1.29. The summed E-state index contributed by atoms with van der Waals surface area (Å²) < 4.78 is 16.6. The topological polar surface area (TPSA) is 73.9 Å². The zero-order valence-corrected chi connectivity index (χ0v) is 16.2. The van der Waals surface area contributed by atoms with E-state index in [4.69, 9.17) is 14.2 Å². The Morgan fingerprint density at radius 3 is 2.43 bits per heavy atom. The molecule has 1 amide bonds. The van der Waals surface area contributed by atoms with Crippen LogP contribution in [-0.4, -0.2) is 37.7 Å². The van der Waals surface area contributed by atoms with Crippen LogP contribution in [0.4, 0.5) is 0 Å². The lowest BCUT2D eigenvalue weighted by atomic mass is 10.00. The van der Waals surface area contributed by atoms with Gasteiger partial charge in [-0.15, -0.1) is 0 Å². The summed E-state index contributed by atoms with van der Waals surface area (Å²) in [5, 5.41) is 2.72. The molecule has 152 valence electrons. The smallest absolute Gasteiger partial charge is 0.339 e. The predicted molar refractivity (Wildman–Crippen MR) is 112 cm³/mol. The number of ether oxygens (including phenoxy) is 3. The molecule has 0 aliphatic carbocycles. The van der Waals surface area contributed by atoms with Crippen molar-refractivity contribution in [3.8, 4) is 22.6 Å². The van der Waals surface area contributed by atoms with Crippen LogP contribution in [-0.2, 0) is 9.53 Å². The van der Waals surface area contributed by atoms with E-state index in [0.29, 0.717) is 23.7 Å². The number of nitrogens with one attached hydrogen (secondary N) is 1. The lowest BCUT2D eigenvalue weighted by molar-refractivity contribution is -0.124. The lowest BCUT2D eigenvalue weighted by Gasteiger charge is -2.26. The van der Waals surface area contributed by atoms with Crippen LogP contribution in [0.5, 0.6) is 11.5 Å². The third-order valence-electron chi connectivity index (χ3n) is 4.66. The van der Waals surface area contributed by atoms with Crippen LogP contribution in [0.2, 0.25) is 0 Å². The average molecular weight is 403 g/mol. The van der Waals surface area contributed by atoms with Crippen LogP contribution in [0, 0.1) is 0 Å². The highest BCUT2D eigenvalue weighted by Crippen LogP contribution is 2.30. The molecule has 0 radical (unpaired) electrons. The Kier molecular flexibility index (Phi) is 5.94. The van der Waals surface area contributed by atoms with Crippen molar-refractivity contribution in [3.63, 3.8) is 0 Å². The maximum atomic E-state index is 12.5. The second-order valence-electron chi connectivity index (χ2n) is 6.79. The first-order chi connectivity index (χ1) is 14.7. The van der Waals surface area contributed by atoms with Crippen LogP contribution >= 0.6 is 0 Å². The number of fused-ring (bicyclic) bond motifs is 1. The number of amides is 1. The minimum Gasteiger partial charge on any atom is -0.486 e. The lowest BCUT2D eigenvalue weighted by Crippen LogP contribution is -2.42. The molecule has 0 aromatic heterocycles. The normalized spacial score (nSPS) is 14.6. The van der Waals surface area contributed by atoms with E-state index >= 15 is 0 Å². The van der Waals surface area contributed by atoms with Gasteiger partial charge in [0.2, 0.25) is 0 Å². The van der Waals surface area contributed by atoms with Gasteiger partial charge in [-0.3, -0.25) is 4.79 Å². The summed E-state index contributed by atoms with van der Waals surface area (Å²) in [6.45, 7) is 0.221. The van der Waals surface area contributed by atoms with Crippen LogP contribution in [0.15, 0.2) is 78.9 Å². The van der Waals surface area contributed by atoms with E-state index in [-0.39, 0.29) is 19.3 Å². The summed E-state index contributed by atoms with van der Waals surface area (Å²) in [6.07, 6.45) is -0.307. The van der Waals surface area contributed by atoms with Gasteiger partial charge in [-0.25, -0.2) is 4.79 Å². The van der Waals surface area contributed by atoms with Gasteiger partial charge in [-0.05, 0) is 29.3 Å². The van der Waals surface area contributed by atoms with Gasteiger partial charge < -0.3 is 19.5 Å². The third-order valence-corrected chi connectivity index (χ3v) is 4.66. The van der Waals surface area contributed by atoms with Crippen molar-refractivity contribution in [1.82, 2.24) is 5.32 Å². The zero-order chi connectivity index (χ0) is 20.8. The van der Waals surface area contributed by atoms with Gasteiger partial charge in [-0.1, -0.05) is 60.7 Å². The maximum Gasteiger partial charge on any atom is 0.339 e. The molecule has 0 unspecified atom stereocenters. The highest BCUT2D eigenvalue weighted by molar-refractivity contribution is 5.98. The van der Waals surface area contributed by atoms with E-state index in [9.17, 15) is 9.59 Å². The number of hydrogen-bond donors (Lipinski definition) is 1. The summed E-state index contributed by atoms with van der Waals surface area (Å²) >= 11 is 0. The van der Waals surface area contributed by atoms with Gasteiger partial charge >= 0.3 is 5.97 Å². The Morgan fingerprint density at radius 1 is 0.900 bits per heavy atom. The van der Waals surface area contributed by atoms with Crippen LogP contribution < -0.4 is 14.8 Å². The van der Waals surface area contributed by atoms with Gasteiger partial charge in [0.05, 0.1) is 12.1 Å². The Morgan fingerprint density at radius 2 is 1.60 bits per heavy atom. The molecular weight excluding hydrogens is 382 g/mol. The average Bonchev–Trinajstić information content (AvgIpc) is 2.81. The number of hydrogen-bond acceptors (Lipinski definition) is 5. The monoisotopic (exact) mass is 403 g/mol. The Bertz CT molecular complexity index is 1030. The minimum absolute atomic E-state index is 0.255. The molecule has 1 aliphatic heterocycles. The standard InChI is InChI=1S/C24H21NO5/c26-23(25-14-18-15-28-21-12-6-7-13-22(21)30-18)16-29-24(27)20-11-5-4-10-19(20)17-8-2-1-3-9-17/h1-13,18H,14-16H2,(H,25,26)/t18-/m0/s1. The molecule has 0 saturated carbocycles. The molecular formula is C24H21NO5. The number of esters is 1. The molecule has 3 aromatic rings. The molecule has 0 fully saturated rings. The molecule has 1 N–H and O–H groups in total. The maximum absolute atomic E-state index is 12.5. The van der Waals surface area contributed by atoms with Crippen molar-refractivity contribution in [2.75, 3.05) is 19.8 Å². The SMILES string of the molecule is O=C(COC(=O)c1ccccc1-c1ccccc1)NC[C@H]1COc2ccccc2O1. The fourth-order valence-corrected chi connectivity index (χ4v) is 3.18. The molecule has 0 spiro atoms. The molecule has 3 aromatic carbocycles. The highest BCUT2D eigenvalue weighted by atomic mass is 16.6. The van der Waals surface area contributed by atoms with E-state index in [1.165, 1.54) is 0 Å². The second kappa shape index (κ2) is 9.13. The largest absolute Gasteiger partial charge is 0.486 e. The molecule has 6 nitrogen and oxygen atoms in total. The summed E-state index contributed by atoms with van der Waals surface area (Å²) in [7, 11) is 0. The number of carbonyl (C=O) groups is 2. The Hall–Kier alpha value is -3.80. The molecule has 6 heteroatoms. The zero-order valence-electron chi connectivity index (χ0n) is 16.2. The van der Waals surface area contributed by atoms with Crippen molar-refractivity contribution in [3.05, 3.63) is 84.4 Å². The van der Waals surface area contributed by atoms with Gasteiger partial charge in [0.1, 0.15) is 12.7 Å². The van der Waals surface area contributed by atoms with Crippen molar-refractivity contribution in [2.24, 2.45) is 0 Å². The van der Waals surface area contributed by atoms with Crippen LogP contribution in [0.3, 0.4) is 0 Å². The molecule has 1 heterocycles. The summed E-state index contributed by atoms with van der Waals surface area (Å²) in [5.74, 6) is 0.386. The number of benzene rings is 3. The second-order valence-corrected chi connectivity index (χ2v) is 6.79. The van der Waals surface area contributed by atoms with Gasteiger partial charge in [0.15, 0.2) is 18.1 Å². The van der Waals surface area contributed by atoms with E-state index < -0.39 is 11.9 Å². The first kappa shape index (κ1) is 19.5. The molecule has 30 heavy (non-hydrogen) atoms. The van der Waals surface area contributed by atoms with E-state index in [0.717, 1.165) is 11.1 Å². The summed E-state index contributed by atoms with van der Waals surface area (Å²) in [5.41, 5.74) is 2.08. The minimum atomic E-state index is -0.546.